The number of allylic oxidation sites excluding steroid dienone is 1. The number of carbonyl (C=O) groups excluding carboxylic acids is 1. The van der Waals surface area contributed by atoms with Gasteiger partial charge in [0.2, 0.25) is 0 Å². The van der Waals surface area contributed by atoms with E-state index in [9.17, 15) is 9.90 Å². The molecule has 1 N–H and O–H groups in total. The number of hydrogen-bond donors (Lipinski definition) is 1. The lowest BCUT2D eigenvalue weighted by atomic mass is 9.51. The van der Waals surface area contributed by atoms with Crippen LogP contribution in [-0.2, 0) is 14.3 Å². The van der Waals surface area contributed by atoms with Crippen molar-refractivity contribution in [2.24, 2.45) is 17.3 Å². The van der Waals surface area contributed by atoms with E-state index in [0.717, 1.165) is 50.9 Å². The first kappa shape index (κ1) is 20.8. The van der Waals surface area contributed by atoms with Crippen molar-refractivity contribution in [3.63, 3.8) is 0 Å². The molecule has 4 heteroatoms. The summed E-state index contributed by atoms with van der Waals surface area (Å²) in [5.74, 6) is 1.69. The first-order valence-corrected chi connectivity index (χ1v) is 13.3. The monoisotopic (exact) mass is 448 g/mol. The molecule has 0 aromatic heterocycles. The van der Waals surface area contributed by atoms with Crippen LogP contribution in [0.15, 0.2) is 35.4 Å². The van der Waals surface area contributed by atoms with Crippen molar-refractivity contribution in [1.82, 2.24) is 0 Å². The number of rotatable bonds is 2. The highest BCUT2D eigenvalue weighted by atomic mass is 16.7. The maximum atomic E-state index is 13.2. The summed E-state index contributed by atoms with van der Waals surface area (Å²) in [4.78, 5) is 13.2. The summed E-state index contributed by atoms with van der Waals surface area (Å²) in [6, 6.07) is 9.30. The Balaban J connectivity index is 1.33. The standard InChI is InChI=1S/C29H36O4/c1-27-16-22(20-6-4-19(5-7-20)18-2-3-18)26-21(23(27)8-9-25(27)30)10-12-28(31)17-29(13-11-24(26)28)32-14-15-33-29/h4-7,18,21-23,31H,2-3,8-17H2,1H3/t21-,22?,23-,27-,28?/m0/s1. The average Bonchev–Trinajstić information content (AvgIpc) is 3.50. The maximum absolute atomic E-state index is 13.2. The summed E-state index contributed by atoms with van der Waals surface area (Å²) in [7, 11) is 0. The molecule has 1 heterocycles. The smallest absolute Gasteiger partial charge is 0.171 e. The number of Topliss-reactive ketones (excluding diaryl/α,β-unsaturated/α-hetero) is 1. The van der Waals surface area contributed by atoms with Gasteiger partial charge in [-0.25, -0.2) is 0 Å². The highest BCUT2D eigenvalue weighted by Gasteiger charge is 2.60. The number of aliphatic hydroxyl groups is 1. The second-order valence-electron chi connectivity index (χ2n) is 12.1. The third-order valence-corrected chi connectivity index (χ3v) is 10.3. The van der Waals surface area contributed by atoms with Crippen LogP contribution < -0.4 is 0 Å². The van der Waals surface area contributed by atoms with Crippen molar-refractivity contribution >= 4 is 5.78 Å². The topological polar surface area (TPSA) is 55.8 Å². The van der Waals surface area contributed by atoms with E-state index in [1.807, 2.05) is 0 Å². The minimum absolute atomic E-state index is 0.225. The van der Waals surface area contributed by atoms with Crippen molar-refractivity contribution in [2.75, 3.05) is 13.2 Å². The SMILES string of the molecule is C[C@]12CC(c3ccc(C4CC4)cc3)C3=C4CCC5(CC4(O)CC[C@H]3[C@@H]1CCC2=O)OCCO5. The van der Waals surface area contributed by atoms with Gasteiger partial charge < -0.3 is 14.6 Å². The zero-order chi connectivity index (χ0) is 22.4. The fourth-order valence-corrected chi connectivity index (χ4v) is 8.50. The largest absolute Gasteiger partial charge is 0.385 e. The van der Waals surface area contributed by atoms with Gasteiger partial charge in [0, 0.05) is 30.6 Å². The van der Waals surface area contributed by atoms with E-state index < -0.39 is 11.4 Å². The average molecular weight is 449 g/mol. The predicted octanol–water partition coefficient (Wildman–Crippen LogP) is 5.40. The summed E-state index contributed by atoms with van der Waals surface area (Å²) in [5, 5.41) is 12.0. The van der Waals surface area contributed by atoms with Crippen molar-refractivity contribution in [3.8, 4) is 0 Å². The van der Waals surface area contributed by atoms with E-state index >= 15 is 0 Å². The lowest BCUT2D eigenvalue weighted by Crippen LogP contribution is -2.53. The molecule has 0 amide bonds. The van der Waals surface area contributed by atoms with E-state index in [1.165, 1.54) is 35.1 Å². The second-order valence-corrected chi connectivity index (χ2v) is 12.1. The molecule has 5 atom stereocenters. The van der Waals surface area contributed by atoms with Gasteiger partial charge in [0.05, 0.1) is 18.8 Å². The number of benzene rings is 1. The molecule has 4 saturated carbocycles. The van der Waals surface area contributed by atoms with Crippen molar-refractivity contribution in [1.29, 1.82) is 0 Å². The summed E-state index contributed by atoms with van der Waals surface area (Å²) in [5.41, 5.74) is 4.48. The second kappa shape index (κ2) is 7.02. The number of ether oxygens (including phenoxy) is 2. The van der Waals surface area contributed by atoms with E-state index in [0.29, 0.717) is 37.3 Å². The van der Waals surface area contributed by atoms with Gasteiger partial charge in [-0.05, 0) is 79.4 Å². The van der Waals surface area contributed by atoms with Crippen LogP contribution in [-0.4, -0.2) is 35.5 Å². The Morgan fingerprint density at radius 1 is 0.939 bits per heavy atom. The van der Waals surface area contributed by atoms with Crippen LogP contribution >= 0.6 is 0 Å². The number of fused-ring (bicyclic) bond motifs is 4. The van der Waals surface area contributed by atoms with E-state index in [2.05, 4.69) is 31.2 Å². The molecule has 2 unspecified atom stereocenters. The van der Waals surface area contributed by atoms with Gasteiger partial charge >= 0.3 is 0 Å². The summed E-state index contributed by atoms with van der Waals surface area (Å²) in [6.07, 6.45) is 9.21. The van der Waals surface area contributed by atoms with Crippen LogP contribution in [0.2, 0.25) is 0 Å². The first-order chi connectivity index (χ1) is 15.9. The maximum Gasteiger partial charge on any atom is 0.171 e. The predicted molar refractivity (Wildman–Crippen MR) is 125 cm³/mol. The van der Waals surface area contributed by atoms with Gasteiger partial charge in [0.25, 0.3) is 0 Å². The van der Waals surface area contributed by atoms with Gasteiger partial charge in [-0.15, -0.1) is 0 Å². The number of hydrogen-bond acceptors (Lipinski definition) is 4. The van der Waals surface area contributed by atoms with Crippen molar-refractivity contribution in [3.05, 3.63) is 46.5 Å². The molecule has 176 valence electrons. The van der Waals surface area contributed by atoms with E-state index in [4.69, 9.17) is 9.47 Å². The van der Waals surface area contributed by atoms with Gasteiger partial charge in [0.1, 0.15) is 5.78 Å². The summed E-state index contributed by atoms with van der Waals surface area (Å²) < 4.78 is 12.1. The molecule has 7 rings (SSSR count). The Labute approximate surface area is 196 Å². The summed E-state index contributed by atoms with van der Waals surface area (Å²) >= 11 is 0. The van der Waals surface area contributed by atoms with Gasteiger partial charge in [-0.3, -0.25) is 4.79 Å². The highest BCUT2D eigenvalue weighted by Crippen LogP contribution is 2.64. The molecule has 1 aromatic rings. The fraction of sp³-hybridized carbons (Fsp3) is 0.690. The van der Waals surface area contributed by atoms with Crippen LogP contribution in [0, 0.1) is 17.3 Å². The van der Waals surface area contributed by atoms with E-state index in [1.54, 1.807) is 0 Å². The Kier molecular flexibility index (Phi) is 4.44. The molecule has 5 fully saturated rings. The van der Waals surface area contributed by atoms with E-state index in [-0.39, 0.29) is 11.3 Å². The fourth-order valence-electron chi connectivity index (χ4n) is 8.50. The van der Waals surface area contributed by atoms with Crippen LogP contribution in [0.1, 0.15) is 94.1 Å². The number of carbonyl (C=O) groups is 1. The van der Waals surface area contributed by atoms with Crippen LogP contribution in [0.3, 0.4) is 0 Å². The van der Waals surface area contributed by atoms with Gasteiger partial charge in [-0.2, -0.15) is 0 Å². The molecule has 1 spiro atoms. The van der Waals surface area contributed by atoms with Gasteiger partial charge in [-0.1, -0.05) is 36.8 Å². The van der Waals surface area contributed by atoms with Crippen molar-refractivity contribution in [2.45, 2.75) is 94.4 Å². The molecule has 33 heavy (non-hydrogen) atoms. The van der Waals surface area contributed by atoms with Crippen LogP contribution in [0.5, 0.6) is 0 Å². The number of ketones is 1. The molecular weight excluding hydrogens is 412 g/mol. The molecule has 4 nitrogen and oxygen atoms in total. The lowest BCUT2D eigenvalue weighted by molar-refractivity contribution is -0.208. The molecule has 0 radical (unpaired) electrons. The van der Waals surface area contributed by atoms with Crippen molar-refractivity contribution < 1.29 is 19.4 Å². The minimum atomic E-state index is -0.836. The Hall–Kier alpha value is -1.49. The molecule has 1 saturated heterocycles. The zero-order valence-corrected chi connectivity index (χ0v) is 19.8. The third-order valence-electron chi connectivity index (χ3n) is 10.3. The quantitative estimate of drug-likeness (QED) is 0.616. The van der Waals surface area contributed by atoms with Gasteiger partial charge in [0.15, 0.2) is 5.79 Å². The molecular formula is C29H36O4. The van der Waals surface area contributed by atoms with Crippen LogP contribution in [0.4, 0.5) is 0 Å². The lowest BCUT2D eigenvalue weighted by Gasteiger charge is -2.55. The minimum Gasteiger partial charge on any atom is -0.385 e. The Bertz CT molecular complexity index is 1010. The normalized spacial score (nSPS) is 41.8. The van der Waals surface area contributed by atoms with Crippen LogP contribution in [0.25, 0.3) is 0 Å². The first-order valence-electron chi connectivity index (χ1n) is 13.3. The molecule has 5 aliphatic carbocycles. The Morgan fingerprint density at radius 3 is 2.39 bits per heavy atom. The summed E-state index contributed by atoms with van der Waals surface area (Å²) in [6.45, 7) is 3.50. The molecule has 1 aromatic carbocycles. The molecule has 1 aliphatic heterocycles. The Morgan fingerprint density at radius 2 is 1.67 bits per heavy atom. The molecule has 6 aliphatic rings. The zero-order valence-electron chi connectivity index (χ0n) is 19.8. The highest BCUT2D eigenvalue weighted by molar-refractivity contribution is 5.87. The molecule has 0 bridgehead atoms. The third kappa shape index (κ3) is 3.03.